The number of benzene rings is 1. The summed E-state index contributed by atoms with van der Waals surface area (Å²) >= 11 is 0. The lowest BCUT2D eigenvalue weighted by Gasteiger charge is -2.07. The summed E-state index contributed by atoms with van der Waals surface area (Å²) in [5.41, 5.74) is 9.27. The van der Waals surface area contributed by atoms with Gasteiger partial charge >= 0.3 is 0 Å². The zero-order valence-corrected chi connectivity index (χ0v) is 11.5. The number of aromatic amines is 1. The molecule has 2 aromatic rings. The Labute approximate surface area is 113 Å². The van der Waals surface area contributed by atoms with Crippen molar-refractivity contribution in [1.29, 1.82) is 0 Å². The number of nitrogens with one attached hydrogen (secondary N) is 2. The van der Waals surface area contributed by atoms with Crippen LogP contribution in [-0.4, -0.2) is 23.5 Å². The molecule has 0 radical (unpaired) electrons. The number of hydrogen-bond donors (Lipinski definition) is 3. The summed E-state index contributed by atoms with van der Waals surface area (Å²) in [6.45, 7) is 4.45. The second kappa shape index (κ2) is 5.89. The van der Waals surface area contributed by atoms with Gasteiger partial charge in [0.1, 0.15) is 0 Å². The molecule has 19 heavy (non-hydrogen) atoms. The standard InChI is InChI=1S/C15H21N3O/c1-3-11-5-4-6-13-12(9-18-14(11)13)7-8-17-15(19)10(2)16/h4-6,9-10,18H,3,7-8,16H2,1-2H3,(H,17,19)/t10-/m0/s1. The van der Waals surface area contributed by atoms with E-state index >= 15 is 0 Å². The maximum atomic E-state index is 11.4. The molecule has 0 aliphatic rings. The maximum Gasteiger partial charge on any atom is 0.236 e. The molecule has 4 nitrogen and oxygen atoms in total. The zero-order valence-electron chi connectivity index (χ0n) is 11.5. The van der Waals surface area contributed by atoms with E-state index in [1.165, 1.54) is 22.0 Å². The predicted molar refractivity (Wildman–Crippen MR) is 78.0 cm³/mol. The highest BCUT2D eigenvalue weighted by atomic mass is 16.2. The topological polar surface area (TPSA) is 70.9 Å². The van der Waals surface area contributed by atoms with Crippen LogP contribution in [0.15, 0.2) is 24.4 Å². The fourth-order valence-electron chi connectivity index (χ4n) is 2.26. The molecule has 1 atom stereocenters. The first-order chi connectivity index (χ1) is 9.13. The van der Waals surface area contributed by atoms with Gasteiger partial charge in [0, 0.05) is 23.6 Å². The Balaban J connectivity index is 2.08. The molecule has 0 bridgehead atoms. The molecule has 0 saturated heterocycles. The Morgan fingerprint density at radius 3 is 2.89 bits per heavy atom. The maximum absolute atomic E-state index is 11.4. The van der Waals surface area contributed by atoms with Gasteiger partial charge in [-0.25, -0.2) is 0 Å². The minimum Gasteiger partial charge on any atom is -0.361 e. The Bertz CT molecular complexity index is 572. The highest BCUT2D eigenvalue weighted by Crippen LogP contribution is 2.22. The monoisotopic (exact) mass is 259 g/mol. The summed E-state index contributed by atoms with van der Waals surface area (Å²) in [4.78, 5) is 14.7. The quantitative estimate of drug-likeness (QED) is 0.765. The molecule has 0 aliphatic carbocycles. The molecular weight excluding hydrogens is 238 g/mol. The highest BCUT2D eigenvalue weighted by molar-refractivity contribution is 5.86. The van der Waals surface area contributed by atoms with Gasteiger partial charge in [-0.05, 0) is 30.9 Å². The Morgan fingerprint density at radius 2 is 2.21 bits per heavy atom. The van der Waals surface area contributed by atoms with Crippen molar-refractivity contribution in [1.82, 2.24) is 10.3 Å². The van der Waals surface area contributed by atoms with Crippen LogP contribution >= 0.6 is 0 Å². The molecule has 1 aromatic carbocycles. The molecule has 0 aliphatic heterocycles. The van der Waals surface area contributed by atoms with E-state index in [2.05, 4.69) is 35.4 Å². The highest BCUT2D eigenvalue weighted by Gasteiger charge is 2.08. The van der Waals surface area contributed by atoms with Crippen LogP contribution in [0.3, 0.4) is 0 Å². The van der Waals surface area contributed by atoms with Crippen molar-refractivity contribution in [2.45, 2.75) is 32.7 Å². The average molecular weight is 259 g/mol. The van der Waals surface area contributed by atoms with E-state index in [1.807, 2.05) is 6.20 Å². The molecule has 1 aromatic heterocycles. The van der Waals surface area contributed by atoms with E-state index in [-0.39, 0.29) is 5.91 Å². The van der Waals surface area contributed by atoms with Crippen LogP contribution in [0.5, 0.6) is 0 Å². The summed E-state index contributed by atoms with van der Waals surface area (Å²) in [7, 11) is 0. The van der Waals surface area contributed by atoms with Gasteiger partial charge < -0.3 is 16.0 Å². The third kappa shape index (κ3) is 2.96. The summed E-state index contributed by atoms with van der Waals surface area (Å²) in [5.74, 6) is -0.103. The molecule has 1 amide bonds. The van der Waals surface area contributed by atoms with Crippen LogP contribution < -0.4 is 11.1 Å². The van der Waals surface area contributed by atoms with Crippen LogP contribution in [0.1, 0.15) is 25.0 Å². The number of nitrogens with two attached hydrogens (primary N) is 1. The lowest BCUT2D eigenvalue weighted by molar-refractivity contribution is -0.121. The van der Waals surface area contributed by atoms with E-state index in [9.17, 15) is 4.79 Å². The second-order valence-corrected chi connectivity index (χ2v) is 4.84. The van der Waals surface area contributed by atoms with Gasteiger partial charge in [0.25, 0.3) is 0 Å². The van der Waals surface area contributed by atoms with Gasteiger partial charge in [-0.15, -0.1) is 0 Å². The van der Waals surface area contributed by atoms with Gasteiger partial charge in [0.05, 0.1) is 6.04 Å². The Hall–Kier alpha value is -1.81. The first kappa shape index (κ1) is 13.6. The smallest absolute Gasteiger partial charge is 0.236 e. The number of carbonyl (C=O) groups excluding carboxylic acids is 1. The van der Waals surface area contributed by atoms with Crippen molar-refractivity contribution >= 4 is 16.8 Å². The van der Waals surface area contributed by atoms with Crippen molar-refractivity contribution < 1.29 is 4.79 Å². The number of H-pyrrole nitrogens is 1. The van der Waals surface area contributed by atoms with Crippen LogP contribution in [0.2, 0.25) is 0 Å². The largest absolute Gasteiger partial charge is 0.361 e. The number of carbonyl (C=O) groups is 1. The molecule has 1 heterocycles. The normalized spacial score (nSPS) is 12.6. The third-order valence-corrected chi connectivity index (χ3v) is 3.38. The van der Waals surface area contributed by atoms with Crippen molar-refractivity contribution in [3.63, 3.8) is 0 Å². The van der Waals surface area contributed by atoms with E-state index in [1.54, 1.807) is 6.92 Å². The number of aromatic nitrogens is 1. The van der Waals surface area contributed by atoms with Crippen LogP contribution in [0, 0.1) is 0 Å². The average Bonchev–Trinajstić information content (AvgIpc) is 2.81. The fraction of sp³-hybridized carbons (Fsp3) is 0.400. The Morgan fingerprint density at radius 1 is 1.42 bits per heavy atom. The van der Waals surface area contributed by atoms with Crippen molar-refractivity contribution in [3.8, 4) is 0 Å². The van der Waals surface area contributed by atoms with E-state index in [0.717, 1.165) is 12.8 Å². The number of fused-ring (bicyclic) bond motifs is 1. The van der Waals surface area contributed by atoms with Crippen LogP contribution in [0.25, 0.3) is 10.9 Å². The van der Waals surface area contributed by atoms with Gasteiger partial charge in [-0.2, -0.15) is 0 Å². The van der Waals surface area contributed by atoms with Crippen LogP contribution in [0.4, 0.5) is 0 Å². The molecular formula is C15H21N3O. The number of aryl methyl sites for hydroxylation is 1. The van der Waals surface area contributed by atoms with Crippen LogP contribution in [-0.2, 0) is 17.6 Å². The van der Waals surface area contributed by atoms with Gasteiger partial charge in [-0.1, -0.05) is 25.1 Å². The molecule has 102 valence electrons. The van der Waals surface area contributed by atoms with Crippen molar-refractivity contribution in [2.75, 3.05) is 6.54 Å². The molecule has 0 saturated carbocycles. The molecule has 2 rings (SSSR count). The molecule has 0 unspecified atom stereocenters. The molecule has 4 N–H and O–H groups in total. The first-order valence-electron chi connectivity index (χ1n) is 6.74. The SMILES string of the molecule is CCc1cccc2c(CCNC(=O)[C@H](C)N)c[nH]c12. The molecule has 0 spiro atoms. The summed E-state index contributed by atoms with van der Waals surface area (Å²) < 4.78 is 0. The minimum atomic E-state index is -0.449. The Kier molecular flexibility index (Phi) is 4.22. The zero-order chi connectivity index (χ0) is 13.8. The van der Waals surface area contributed by atoms with E-state index in [0.29, 0.717) is 6.54 Å². The lowest BCUT2D eigenvalue weighted by Crippen LogP contribution is -2.39. The lowest BCUT2D eigenvalue weighted by atomic mass is 10.1. The summed E-state index contributed by atoms with van der Waals surface area (Å²) in [5, 5.41) is 4.08. The summed E-state index contributed by atoms with van der Waals surface area (Å²) in [6.07, 6.45) is 3.85. The van der Waals surface area contributed by atoms with E-state index in [4.69, 9.17) is 5.73 Å². The third-order valence-electron chi connectivity index (χ3n) is 3.38. The number of hydrogen-bond acceptors (Lipinski definition) is 2. The number of para-hydroxylation sites is 1. The van der Waals surface area contributed by atoms with Gasteiger partial charge in [0.2, 0.25) is 5.91 Å². The number of amides is 1. The molecule has 4 heteroatoms. The summed E-state index contributed by atoms with van der Waals surface area (Å²) in [6, 6.07) is 5.89. The molecule has 0 fully saturated rings. The first-order valence-corrected chi connectivity index (χ1v) is 6.74. The fourth-order valence-corrected chi connectivity index (χ4v) is 2.26. The van der Waals surface area contributed by atoms with Gasteiger partial charge in [0.15, 0.2) is 0 Å². The van der Waals surface area contributed by atoms with Crippen molar-refractivity contribution in [2.24, 2.45) is 5.73 Å². The predicted octanol–water partition coefficient (Wildman–Crippen LogP) is 1.74. The minimum absolute atomic E-state index is 0.103. The second-order valence-electron chi connectivity index (χ2n) is 4.84. The van der Waals surface area contributed by atoms with Crippen molar-refractivity contribution in [3.05, 3.63) is 35.5 Å². The number of rotatable bonds is 5. The van der Waals surface area contributed by atoms with Gasteiger partial charge in [-0.3, -0.25) is 4.79 Å². The van der Waals surface area contributed by atoms with E-state index < -0.39 is 6.04 Å².